The average molecular weight is 549 g/mol. The van der Waals surface area contributed by atoms with Crippen LogP contribution in [0.5, 0.6) is 0 Å². The Hall–Kier alpha value is -0.668. The van der Waals surface area contributed by atoms with Crippen molar-refractivity contribution in [1.82, 2.24) is 5.32 Å². The molecule has 1 heterocycles. The van der Waals surface area contributed by atoms with Crippen molar-refractivity contribution in [1.29, 1.82) is 0 Å². The topological polar surface area (TPSA) is 81.7 Å². The second-order valence-electron chi connectivity index (χ2n) is 6.59. The van der Waals surface area contributed by atoms with E-state index in [-0.39, 0.29) is 12.3 Å². The molecular formula is C18H31NO5Pb. The van der Waals surface area contributed by atoms with Crippen molar-refractivity contribution in [3.05, 3.63) is 0 Å². The summed E-state index contributed by atoms with van der Waals surface area (Å²) in [6.45, 7) is 2.23. The van der Waals surface area contributed by atoms with Gasteiger partial charge in [0.15, 0.2) is 0 Å². The number of rotatable bonds is 13. The molecule has 1 rings (SSSR count). The van der Waals surface area contributed by atoms with Gasteiger partial charge in [0, 0.05) is 0 Å². The van der Waals surface area contributed by atoms with E-state index in [2.05, 4.69) is 12.2 Å². The number of hydrogen-bond acceptors (Lipinski definition) is 5. The first-order valence-corrected chi connectivity index (χ1v) is 12.8. The molecule has 1 N–H and O–H groups in total. The van der Waals surface area contributed by atoms with Crippen molar-refractivity contribution in [3.63, 3.8) is 0 Å². The molecule has 0 aliphatic carbocycles. The van der Waals surface area contributed by atoms with Gasteiger partial charge in [0.1, 0.15) is 0 Å². The van der Waals surface area contributed by atoms with E-state index in [1.165, 1.54) is 51.4 Å². The minimum absolute atomic E-state index is 0.115. The summed E-state index contributed by atoms with van der Waals surface area (Å²) in [5, 5.41) is 2.59. The molecule has 0 bridgehead atoms. The minimum atomic E-state index is -2.05. The van der Waals surface area contributed by atoms with Gasteiger partial charge in [-0.25, -0.2) is 0 Å². The van der Waals surface area contributed by atoms with E-state index in [0.717, 1.165) is 19.3 Å². The van der Waals surface area contributed by atoms with Crippen LogP contribution >= 0.6 is 0 Å². The summed E-state index contributed by atoms with van der Waals surface area (Å²) in [5.41, 5.74) is 0. The van der Waals surface area contributed by atoms with Crippen LogP contribution in [0.1, 0.15) is 90.4 Å². The third kappa shape index (κ3) is 11.5. The monoisotopic (exact) mass is 549 g/mol. The van der Waals surface area contributed by atoms with E-state index < -0.39 is 43.1 Å². The number of unbranched alkanes of at least 4 members (excludes halogenated alkanes) is 10. The third-order valence-corrected chi connectivity index (χ3v) is 6.61. The van der Waals surface area contributed by atoms with Crippen LogP contribution in [0.4, 0.5) is 0 Å². The average Bonchev–Trinajstić information content (AvgIpc) is 2.73. The summed E-state index contributed by atoms with van der Waals surface area (Å²) >= 11 is -2.05. The molecule has 0 unspecified atom stereocenters. The molecule has 7 heteroatoms. The fourth-order valence-electron chi connectivity index (χ4n) is 2.80. The molecule has 1 aliphatic heterocycles. The molecule has 0 spiro atoms. The maximum absolute atomic E-state index is 11.9. The van der Waals surface area contributed by atoms with E-state index >= 15 is 0 Å². The molecule has 1 amide bonds. The molecule has 1 saturated heterocycles. The Bertz CT molecular complexity index is 416. The van der Waals surface area contributed by atoms with Crippen molar-refractivity contribution in [3.8, 4) is 0 Å². The summed E-state index contributed by atoms with van der Waals surface area (Å²) in [6, 6.07) is -0.872. The van der Waals surface area contributed by atoms with E-state index in [1.54, 1.807) is 0 Å². The van der Waals surface area contributed by atoms with Gasteiger partial charge in [-0.2, -0.15) is 0 Å². The van der Waals surface area contributed by atoms with Crippen LogP contribution in [-0.2, 0) is 19.8 Å². The fraction of sp³-hybridized carbons (Fsp3) is 0.833. The van der Waals surface area contributed by atoms with E-state index in [9.17, 15) is 14.4 Å². The van der Waals surface area contributed by atoms with Gasteiger partial charge in [0.2, 0.25) is 0 Å². The van der Waals surface area contributed by atoms with Crippen LogP contribution in [0, 0.1) is 0 Å². The summed E-state index contributed by atoms with van der Waals surface area (Å²) in [6.07, 6.45) is 13.8. The summed E-state index contributed by atoms with van der Waals surface area (Å²) in [7, 11) is 0. The van der Waals surface area contributed by atoms with Gasteiger partial charge in [-0.3, -0.25) is 0 Å². The predicted octanol–water partition coefficient (Wildman–Crippen LogP) is 3.20. The van der Waals surface area contributed by atoms with E-state index in [1.807, 2.05) is 0 Å². The number of carbonyl (C=O) groups is 3. The Morgan fingerprint density at radius 1 is 0.960 bits per heavy atom. The van der Waals surface area contributed by atoms with Gasteiger partial charge in [-0.15, -0.1) is 0 Å². The number of hydrogen-bond donors (Lipinski definition) is 1. The fourth-order valence-corrected chi connectivity index (χ4v) is 4.52. The van der Waals surface area contributed by atoms with Crippen LogP contribution in [0.3, 0.4) is 0 Å². The zero-order valence-corrected chi connectivity index (χ0v) is 19.2. The summed E-state index contributed by atoms with van der Waals surface area (Å²) in [4.78, 5) is 34.8. The summed E-state index contributed by atoms with van der Waals surface area (Å²) < 4.78 is 9.71. The van der Waals surface area contributed by atoms with Gasteiger partial charge in [0.25, 0.3) is 0 Å². The van der Waals surface area contributed by atoms with Crippen LogP contribution in [0.25, 0.3) is 0 Å². The van der Waals surface area contributed by atoms with Crippen molar-refractivity contribution >= 4 is 43.0 Å². The van der Waals surface area contributed by atoms with Crippen LogP contribution in [-0.4, -0.2) is 49.0 Å². The first kappa shape index (κ1) is 22.4. The van der Waals surface area contributed by atoms with Crippen molar-refractivity contribution in [2.45, 2.75) is 96.4 Å². The Balaban J connectivity index is 1.98. The normalized spacial score (nSPS) is 17.6. The number of nitrogens with one attached hydrogen (secondary N) is 1. The first-order chi connectivity index (χ1) is 12.1. The Morgan fingerprint density at radius 3 is 2.12 bits per heavy atom. The van der Waals surface area contributed by atoms with Crippen molar-refractivity contribution in [2.24, 2.45) is 0 Å². The van der Waals surface area contributed by atoms with Gasteiger partial charge < -0.3 is 0 Å². The van der Waals surface area contributed by atoms with Crippen LogP contribution < -0.4 is 5.32 Å². The van der Waals surface area contributed by atoms with Gasteiger partial charge in [-0.1, -0.05) is 39.0 Å². The molecule has 1 aliphatic rings. The maximum atomic E-state index is 11.9. The first-order valence-electron chi connectivity index (χ1n) is 9.58. The second-order valence-corrected chi connectivity index (χ2v) is 8.82. The van der Waals surface area contributed by atoms with Crippen molar-refractivity contribution < 1.29 is 19.8 Å². The molecule has 142 valence electrons. The Morgan fingerprint density at radius 2 is 1.52 bits per heavy atom. The zero-order chi connectivity index (χ0) is 18.3. The van der Waals surface area contributed by atoms with Crippen LogP contribution in [0.15, 0.2) is 0 Å². The second kappa shape index (κ2) is 14.5. The molecule has 1 fully saturated rings. The van der Waals surface area contributed by atoms with E-state index in [4.69, 9.17) is 5.37 Å². The predicted molar refractivity (Wildman–Crippen MR) is 95.6 cm³/mol. The quantitative estimate of drug-likeness (QED) is 0.283. The SMILES string of the molecule is CCCCCCCCCCCCCC(=O)N[C@@H]1CC(=O)[O][Pb][O]C1=O. The molecule has 0 aromatic heterocycles. The zero-order valence-electron chi connectivity index (χ0n) is 15.3. The molecule has 25 heavy (non-hydrogen) atoms. The van der Waals surface area contributed by atoms with Gasteiger partial charge in [0.05, 0.1) is 0 Å². The Labute approximate surface area is 164 Å². The number of carbonyl (C=O) groups excluding carboxylic acids is 3. The van der Waals surface area contributed by atoms with Crippen molar-refractivity contribution in [2.75, 3.05) is 0 Å². The molecule has 0 aromatic rings. The standard InChI is InChI=1S/C18H33NO5.Pb/c1-2-3-4-5-6-7-8-9-10-11-12-13-16(20)19-15(18(23)24)14-17(21)22;/h15H,2-14H2,1H3,(H,19,20)(H,21,22)(H,23,24);/q;+2/p-2/t15-;/m1./s1. The van der Waals surface area contributed by atoms with Crippen LogP contribution in [0.2, 0.25) is 0 Å². The molecule has 1 atom stereocenters. The van der Waals surface area contributed by atoms with E-state index in [0.29, 0.717) is 6.42 Å². The Kier molecular flexibility index (Phi) is 13.0. The molecular weight excluding hydrogens is 517 g/mol. The number of amides is 1. The molecule has 2 radical (unpaired) electrons. The van der Waals surface area contributed by atoms with Gasteiger partial charge >= 0.3 is 125 Å². The molecule has 0 saturated carbocycles. The van der Waals surface area contributed by atoms with Gasteiger partial charge in [-0.05, 0) is 0 Å². The third-order valence-electron chi connectivity index (χ3n) is 4.30. The molecule has 0 aromatic carbocycles. The molecule has 6 nitrogen and oxygen atoms in total. The summed E-state index contributed by atoms with van der Waals surface area (Å²) in [5.74, 6) is -1.17.